The van der Waals surface area contributed by atoms with Gasteiger partial charge >= 0.3 is 28.7 Å². The van der Waals surface area contributed by atoms with Crippen molar-refractivity contribution in [3.05, 3.63) is 59.9 Å². The number of nitrogens with zero attached hydrogens (tertiary/aromatic N) is 5. The summed E-state index contributed by atoms with van der Waals surface area (Å²) >= 11 is 0.321. The lowest BCUT2D eigenvalue weighted by Gasteiger charge is -2.41. The highest BCUT2D eigenvalue weighted by molar-refractivity contribution is 6.14. The van der Waals surface area contributed by atoms with Gasteiger partial charge in [-0.3, -0.25) is 57.9 Å². The number of benzene rings is 1. The van der Waals surface area contributed by atoms with Crippen LogP contribution >= 0.6 is 0 Å². The van der Waals surface area contributed by atoms with Crippen molar-refractivity contribution in [1.29, 1.82) is 0 Å². The first kappa shape index (κ1) is 83.5. The molecule has 0 saturated carbocycles. The number of anilines is 1. The number of piperidine rings is 1. The number of halogens is 3. The van der Waals surface area contributed by atoms with Crippen molar-refractivity contribution in [2.24, 2.45) is 41.2 Å². The number of pyridine rings is 1. The minimum absolute atomic E-state index is 0.00743. The highest BCUT2D eigenvalue weighted by Gasteiger charge is 2.48. The molecule has 2 saturated heterocycles. The Bertz CT molecular complexity index is 2930. The molecule has 2 aliphatic heterocycles. The van der Waals surface area contributed by atoms with Crippen LogP contribution in [0, 0.1) is 35.5 Å². The van der Waals surface area contributed by atoms with Gasteiger partial charge in [0, 0.05) is 77.2 Å². The molecule has 0 aliphatic carbocycles. The minimum atomic E-state index is -4.58. The molecule has 548 valence electrons. The molecular weight excluding hydrogens is 1290 g/mol. The smallest absolute Gasteiger partial charge is 0.404 e. The predicted octanol–water partition coefficient (Wildman–Crippen LogP) is 3.17. The third-order valence-corrected chi connectivity index (χ3v) is 19.3. The molecule has 26 nitrogen and oxygen atoms in total. The number of amides is 11. The van der Waals surface area contributed by atoms with Crippen LogP contribution in [0.1, 0.15) is 138 Å². The van der Waals surface area contributed by atoms with Crippen LogP contribution in [0.5, 0.6) is 0 Å². The molecule has 0 radical (unpaired) electrons. The molecule has 2 aromatic rings. The number of nitrogens with one attached hydrogen (secondary N) is 8. The Morgan fingerprint density at radius 1 is 0.755 bits per heavy atom. The highest BCUT2D eigenvalue weighted by Crippen LogP contribution is 2.35. The zero-order chi connectivity index (χ0) is 73.3. The number of ether oxygens (including phenoxy) is 2. The fraction of sp³-hybridized carbons (Fsp3) is 0.691. The SMILES string of the molecule is CC[C@H](C)[C@@H]([C@@H](CC(=O)N1CCC[C@H]1[C@H](OC)[C@@H](C)C(=O)N[C@@H](Cc1ccccn1)C(=O)NCc1ccc(NC(=O)[C@H](CCCNC(N)=O)NC(=O)[C@@H](NC(=O)CCCN2CCC(C(=O)[NH][AlH2])CC2C(F)(F)F)C(C)C)cc1)OC)N(C)C(=O)[C@@H](NC(=O)C(C(C)C)N(C)C)C(C)C. The van der Waals surface area contributed by atoms with Gasteiger partial charge < -0.3 is 66.5 Å². The Kier molecular flexibility index (Phi) is 34.3. The maximum Gasteiger partial charge on any atom is 0.404 e. The maximum absolute atomic E-state index is 14.6. The third kappa shape index (κ3) is 25.0. The van der Waals surface area contributed by atoms with E-state index in [1.54, 1.807) is 86.3 Å². The van der Waals surface area contributed by atoms with Crippen LogP contribution in [0.25, 0.3) is 0 Å². The van der Waals surface area contributed by atoms with Gasteiger partial charge in [0.15, 0.2) is 5.91 Å². The maximum atomic E-state index is 14.6. The van der Waals surface area contributed by atoms with Gasteiger partial charge in [-0.1, -0.05) is 86.9 Å². The summed E-state index contributed by atoms with van der Waals surface area (Å²) in [6, 6.07) is 3.23. The first-order valence-corrected chi connectivity index (χ1v) is 35.3. The molecule has 2 fully saturated rings. The van der Waals surface area contributed by atoms with E-state index in [2.05, 4.69) is 46.5 Å². The van der Waals surface area contributed by atoms with E-state index in [0.29, 0.717) is 59.3 Å². The summed E-state index contributed by atoms with van der Waals surface area (Å²) in [5.74, 6) is -6.65. The van der Waals surface area contributed by atoms with Crippen LogP contribution in [-0.4, -0.2) is 229 Å². The van der Waals surface area contributed by atoms with Crippen molar-refractivity contribution in [2.75, 3.05) is 66.9 Å². The number of hydrogen-bond donors (Lipinski definition) is 9. The van der Waals surface area contributed by atoms with Gasteiger partial charge in [0.2, 0.25) is 47.3 Å². The van der Waals surface area contributed by atoms with E-state index in [1.807, 2.05) is 60.5 Å². The summed E-state index contributed by atoms with van der Waals surface area (Å²) in [5, 5.41) is 19.5. The second-order valence-corrected chi connectivity index (χ2v) is 27.8. The zero-order valence-corrected chi connectivity index (χ0v) is 62.0. The fourth-order valence-electron chi connectivity index (χ4n) is 13.2. The molecule has 2 aliphatic rings. The lowest BCUT2D eigenvalue weighted by Crippen LogP contribution is -2.59. The molecule has 3 heterocycles. The molecule has 10 N–H and O–H groups in total. The quantitative estimate of drug-likeness (QED) is 0.0345. The van der Waals surface area contributed by atoms with E-state index in [4.69, 9.17) is 15.2 Å². The predicted molar refractivity (Wildman–Crippen MR) is 368 cm³/mol. The number of alkyl halides is 3. The minimum Gasteiger partial charge on any atom is -0.452 e. The average molecular weight is 1400 g/mol. The highest BCUT2D eigenvalue weighted by atomic mass is 27.1. The number of methoxy groups -OCH3 is 2. The number of rotatable bonds is 38. The number of aromatic nitrogens is 1. The van der Waals surface area contributed by atoms with E-state index >= 15 is 0 Å². The van der Waals surface area contributed by atoms with E-state index in [0.717, 1.165) is 0 Å². The molecule has 13 atom stereocenters. The van der Waals surface area contributed by atoms with Gasteiger partial charge in [-0.05, 0) is 126 Å². The van der Waals surface area contributed by atoms with Gasteiger partial charge in [-0.15, -0.1) is 0 Å². The van der Waals surface area contributed by atoms with Gasteiger partial charge in [0.1, 0.15) is 30.2 Å². The second kappa shape index (κ2) is 40.3. The van der Waals surface area contributed by atoms with Crippen molar-refractivity contribution < 1.29 is 70.6 Å². The first-order valence-electron chi connectivity index (χ1n) is 34.3. The zero-order valence-electron chi connectivity index (χ0n) is 60.0. The number of likely N-dealkylation sites (tertiary alicyclic amines) is 2. The Morgan fingerprint density at radius 3 is 1.98 bits per heavy atom. The van der Waals surface area contributed by atoms with Crippen LogP contribution in [0.15, 0.2) is 48.7 Å². The van der Waals surface area contributed by atoms with Crippen molar-refractivity contribution in [3.8, 4) is 0 Å². The summed E-state index contributed by atoms with van der Waals surface area (Å²) in [6.45, 7) is 17.1. The molecule has 1 aromatic carbocycles. The number of carbonyl (C=O) groups excluding carboxylic acids is 10. The van der Waals surface area contributed by atoms with E-state index in [9.17, 15) is 61.1 Å². The molecule has 1 aromatic heterocycles. The van der Waals surface area contributed by atoms with E-state index in [1.165, 1.54) is 19.1 Å². The second-order valence-electron chi connectivity index (χ2n) is 27.3. The summed E-state index contributed by atoms with van der Waals surface area (Å²) in [6.07, 6.45) is -2.84. The Morgan fingerprint density at radius 2 is 1.42 bits per heavy atom. The van der Waals surface area contributed by atoms with Gasteiger partial charge in [0.25, 0.3) is 0 Å². The summed E-state index contributed by atoms with van der Waals surface area (Å²) in [7, 11) is 8.33. The molecular formula is C68H110AlF3N14O12. The molecule has 3 unspecified atom stereocenters. The van der Waals surface area contributed by atoms with Crippen molar-refractivity contribution in [2.45, 2.75) is 206 Å². The van der Waals surface area contributed by atoms with Crippen LogP contribution in [0.4, 0.5) is 23.7 Å². The number of hydrogen-bond acceptors (Lipinski definition) is 15. The molecule has 11 amide bonds. The largest absolute Gasteiger partial charge is 0.452 e. The Labute approximate surface area is 584 Å². The standard InChI is InChI=1S/C68H109F3N14O12.Al.2H/c1-15-42(8)58(83(12)66(94)56(40(4)5)81-65(93)57(41(6)7)82(10)11)51(96-13)37-54(87)85-33-19-23-50(85)59(97-14)43(9)61(89)79-49(36-47-21-16-17-30-74-47)62(90)76-38-44-25-27-46(28-26-44)77-63(91)48(22-18-31-75-67(73)95)78-64(92)55(39(2)3)80-53(86)24-20-32-84-34-29-45(60(72)88)35-52(84)68(69,70)71;;;/h16-17,21,25-28,30,39-43,45,48-52,55-59H,15,18-20,22-24,29,31-38H2,1-14H3,(H11,72,73,75,76,77,78,79,80,81,86,88,89,90,91,92,93,95);;;/q;+1;;/p-1/t42-,43+,45?,48-,49-,50-,51+,52?,55-,56-,57?,58-,59+;;;/m0.../s1. The van der Waals surface area contributed by atoms with Crippen molar-refractivity contribution in [3.63, 3.8) is 0 Å². The molecule has 30 heteroatoms. The topological polar surface area (TPSA) is 337 Å². The third-order valence-electron chi connectivity index (χ3n) is 18.8. The van der Waals surface area contributed by atoms with E-state index < -0.39 is 126 Å². The number of primary amides is 1. The van der Waals surface area contributed by atoms with Crippen LogP contribution < -0.4 is 47.3 Å². The van der Waals surface area contributed by atoms with Gasteiger partial charge in [-0.25, -0.2) is 4.79 Å². The number of urea groups is 1. The lowest BCUT2D eigenvalue weighted by atomic mass is 9.89. The van der Waals surface area contributed by atoms with Crippen LogP contribution in [0.2, 0.25) is 0 Å². The molecule has 4 rings (SSSR count). The van der Waals surface area contributed by atoms with E-state index in [-0.39, 0.29) is 113 Å². The Hall–Kier alpha value is -6.97. The van der Waals surface area contributed by atoms with Crippen molar-refractivity contribution in [1.82, 2.24) is 60.8 Å². The Balaban J connectivity index is 1.43. The number of nitrogens with two attached hydrogens (primary N) is 1. The summed E-state index contributed by atoms with van der Waals surface area (Å²) in [4.78, 5) is 147. The summed E-state index contributed by atoms with van der Waals surface area (Å²) < 4.78 is 57.0. The number of likely N-dealkylation sites (N-methyl/N-ethyl adjacent to an activating group) is 2. The molecule has 98 heavy (non-hydrogen) atoms. The molecule has 0 spiro atoms. The van der Waals surface area contributed by atoms with Crippen molar-refractivity contribution >= 4 is 81.4 Å². The molecule has 0 bridgehead atoms. The normalized spacial score (nSPS) is 19.0. The van der Waals surface area contributed by atoms with Crippen LogP contribution in [-0.2, 0) is 65.6 Å². The monoisotopic (exact) mass is 1400 g/mol. The average Bonchev–Trinajstić information content (AvgIpc) is 1.25. The van der Waals surface area contributed by atoms with Gasteiger partial charge in [-0.2, -0.15) is 13.2 Å². The lowest BCUT2D eigenvalue weighted by molar-refractivity contribution is -0.196. The number of carbonyl (C=O) groups is 10. The fourth-order valence-corrected chi connectivity index (χ4v) is 13.6. The first-order chi connectivity index (χ1) is 46.2. The summed E-state index contributed by atoms with van der Waals surface area (Å²) in [5.41, 5.74) is 6.71. The van der Waals surface area contributed by atoms with Crippen LogP contribution in [0.3, 0.4) is 0 Å². The van der Waals surface area contributed by atoms with Gasteiger partial charge in [0.05, 0.1) is 42.7 Å².